The van der Waals surface area contributed by atoms with Crippen molar-refractivity contribution in [1.82, 2.24) is 9.97 Å². The molecule has 8 heteroatoms. The minimum Gasteiger partial charge on any atom is -0.366 e. The molecule has 0 spiro atoms. The molecule has 0 atom stereocenters. The molecule has 0 bridgehead atoms. The summed E-state index contributed by atoms with van der Waals surface area (Å²) in [5.41, 5.74) is 0.152. The van der Waals surface area contributed by atoms with Crippen molar-refractivity contribution < 1.29 is 8.42 Å². The molecule has 0 aliphatic rings. The summed E-state index contributed by atoms with van der Waals surface area (Å²) in [5, 5.41) is 1.96. The van der Waals surface area contributed by atoms with Gasteiger partial charge >= 0.3 is 0 Å². The van der Waals surface area contributed by atoms with Crippen LogP contribution in [0.4, 0.5) is 5.13 Å². The van der Waals surface area contributed by atoms with Gasteiger partial charge in [0.2, 0.25) is 5.43 Å². The third kappa shape index (κ3) is 2.53. The van der Waals surface area contributed by atoms with Crippen molar-refractivity contribution in [3.05, 3.63) is 39.8 Å². The van der Waals surface area contributed by atoms with Crippen LogP contribution in [0.15, 0.2) is 33.5 Å². The predicted molar refractivity (Wildman–Crippen MR) is 64.7 cm³/mol. The molecule has 0 saturated carbocycles. The summed E-state index contributed by atoms with van der Waals surface area (Å²) in [5.74, 6) is 0. The third-order valence-electron chi connectivity index (χ3n) is 1.92. The first kappa shape index (κ1) is 11.8. The van der Waals surface area contributed by atoms with Crippen molar-refractivity contribution in [3.8, 4) is 0 Å². The third-order valence-corrected chi connectivity index (χ3v) is 4.28. The lowest BCUT2D eigenvalue weighted by Crippen LogP contribution is -2.20. The van der Waals surface area contributed by atoms with Crippen molar-refractivity contribution in [2.45, 2.75) is 11.8 Å². The minimum absolute atomic E-state index is 0.241. The maximum atomic E-state index is 11.9. The highest BCUT2D eigenvalue weighted by molar-refractivity contribution is 7.92. The Morgan fingerprint density at radius 3 is 2.82 bits per heavy atom. The molecule has 0 unspecified atom stereocenters. The van der Waals surface area contributed by atoms with Gasteiger partial charge in [0, 0.05) is 23.8 Å². The number of aromatic amines is 1. The van der Waals surface area contributed by atoms with Crippen LogP contribution in [0.3, 0.4) is 0 Å². The zero-order valence-corrected chi connectivity index (χ0v) is 10.4. The molecule has 0 radical (unpaired) electrons. The second-order valence-electron chi connectivity index (χ2n) is 3.27. The first-order valence-corrected chi connectivity index (χ1v) is 6.97. The molecule has 2 aromatic rings. The van der Waals surface area contributed by atoms with Crippen LogP contribution in [-0.4, -0.2) is 18.4 Å². The average molecular weight is 271 g/mol. The zero-order chi connectivity index (χ0) is 12.5. The van der Waals surface area contributed by atoms with E-state index in [1.807, 2.05) is 0 Å². The number of H-pyrrole nitrogens is 1. The molecular formula is C9H9N3O3S2. The molecule has 0 saturated heterocycles. The Bertz CT molecular complexity index is 687. The lowest BCUT2D eigenvalue weighted by Gasteiger charge is -2.03. The summed E-state index contributed by atoms with van der Waals surface area (Å²) < 4.78 is 26.0. The van der Waals surface area contributed by atoms with Gasteiger partial charge in [0.05, 0.1) is 5.69 Å². The summed E-state index contributed by atoms with van der Waals surface area (Å²) in [6.07, 6.45) is 2.51. The molecule has 0 aromatic carbocycles. The van der Waals surface area contributed by atoms with E-state index >= 15 is 0 Å². The Kier molecular flexibility index (Phi) is 2.99. The van der Waals surface area contributed by atoms with Crippen LogP contribution in [0, 0.1) is 6.92 Å². The minimum atomic E-state index is -3.88. The molecule has 0 aliphatic carbocycles. The van der Waals surface area contributed by atoms with Crippen molar-refractivity contribution >= 4 is 26.5 Å². The van der Waals surface area contributed by atoms with Gasteiger partial charge in [-0.2, -0.15) is 0 Å². The standard InChI is InChI=1S/C9H9N3O3S2/c1-6-5-16-9(11-6)12-17(14,15)8-4-10-3-2-7(8)13/h2-5H,1H3,(H,10,13)(H,11,12). The molecule has 0 aliphatic heterocycles. The summed E-state index contributed by atoms with van der Waals surface area (Å²) in [6, 6.07) is 1.15. The monoisotopic (exact) mass is 271 g/mol. The zero-order valence-electron chi connectivity index (χ0n) is 8.80. The van der Waals surface area contributed by atoms with Crippen molar-refractivity contribution in [3.63, 3.8) is 0 Å². The number of aryl methyl sites for hydroxylation is 1. The molecule has 2 heterocycles. The van der Waals surface area contributed by atoms with Crippen LogP contribution in [-0.2, 0) is 10.0 Å². The smallest absolute Gasteiger partial charge is 0.269 e. The number of pyridine rings is 1. The van der Waals surface area contributed by atoms with Gasteiger partial charge in [0.15, 0.2) is 10.0 Å². The fourth-order valence-electron chi connectivity index (χ4n) is 1.18. The number of nitrogens with zero attached hydrogens (tertiary/aromatic N) is 1. The van der Waals surface area contributed by atoms with Gasteiger partial charge in [0.1, 0.15) is 0 Å². The SMILES string of the molecule is Cc1csc(NS(=O)(=O)c2c[nH]ccc2=O)n1. The van der Waals surface area contributed by atoms with Gasteiger partial charge in [-0.3, -0.25) is 9.52 Å². The Morgan fingerprint density at radius 2 is 2.24 bits per heavy atom. The first-order valence-electron chi connectivity index (χ1n) is 4.61. The maximum absolute atomic E-state index is 11.9. The molecule has 17 heavy (non-hydrogen) atoms. The highest BCUT2D eigenvalue weighted by Gasteiger charge is 2.18. The van der Waals surface area contributed by atoms with E-state index in [1.165, 1.54) is 6.20 Å². The average Bonchev–Trinajstić information content (AvgIpc) is 2.63. The van der Waals surface area contributed by atoms with Crippen molar-refractivity contribution in [2.75, 3.05) is 4.72 Å². The molecular weight excluding hydrogens is 262 g/mol. The largest absolute Gasteiger partial charge is 0.366 e. The number of rotatable bonds is 3. The van der Waals surface area contributed by atoms with Crippen LogP contribution in [0.5, 0.6) is 0 Å². The molecule has 2 aromatic heterocycles. The second-order valence-corrected chi connectivity index (χ2v) is 5.78. The van der Waals surface area contributed by atoms with E-state index in [0.717, 1.165) is 29.3 Å². The van der Waals surface area contributed by atoms with Gasteiger partial charge in [-0.25, -0.2) is 13.4 Å². The fraction of sp³-hybridized carbons (Fsp3) is 0.111. The normalized spacial score (nSPS) is 11.4. The van der Waals surface area contributed by atoms with Crippen LogP contribution in [0.25, 0.3) is 0 Å². The van der Waals surface area contributed by atoms with Crippen LogP contribution < -0.4 is 10.2 Å². The van der Waals surface area contributed by atoms with Gasteiger partial charge in [-0.15, -0.1) is 11.3 Å². The number of thiazole rings is 1. The molecule has 2 rings (SSSR count). The van der Waals surface area contributed by atoms with Gasteiger partial charge in [-0.05, 0) is 6.92 Å². The van der Waals surface area contributed by atoms with E-state index in [1.54, 1.807) is 12.3 Å². The molecule has 0 fully saturated rings. The number of aromatic nitrogens is 2. The molecule has 2 N–H and O–H groups in total. The number of anilines is 1. The van der Waals surface area contributed by atoms with Gasteiger partial charge in [-0.1, -0.05) is 0 Å². The lowest BCUT2D eigenvalue weighted by molar-refractivity contribution is 0.600. The molecule has 6 nitrogen and oxygen atoms in total. The first-order chi connectivity index (χ1) is 7.99. The predicted octanol–water partition coefficient (Wildman–Crippen LogP) is 0.941. The molecule has 90 valence electrons. The quantitative estimate of drug-likeness (QED) is 0.869. The van der Waals surface area contributed by atoms with Crippen molar-refractivity contribution in [1.29, 1.82) is 0 Å². The Morgan fingerprint density at radius 1 is 1.47 bits per heavy atom. The highest BCUT2D eigenvalue weighted by atomic mass is 32.2. The number of hydrogen-bond donors (Lipinski definition) is 2. The topological polar surface area (TPSA) is 91.9 Å². The summed E-state index contributed by atoms with van der Waals surface area (Å²) in [7, 11) is -3.88. The second kappa shape index (κ2) is 4.30. The Balaban J connectivity index is 2.38. The summed E-state index contributed by atoms with van der Waals surface area (Å²) in [4.78, 5) is 17.6. The van der Waals surface area contributed by atoms with Gasteiger partial charge < -0.3 is 4.98 Å². The van der Waals surface area contributed by atoms with Crippen LogP contribution in [0.2, 0.25) is 0 Å². The van der Waals surface area contributed by atoms with Crippen molar-refractivity contribution in [2.24, 2.45) is 0 Å². The van der Waals surface area contributed by atoms with E-state index in [-0.39, 0.29) is 10.0 Å². The van der Waals surface area contributed by atoms with Crippen LogP contribution in [0.1, 0.15) is 5.69 Å². The number of hydrogen-bond acceptors (Lipinski definition) is 5. The number of sulfonamides is 1. The maximum Gasteiger partial charge on any atom is 0.269 e. The highest BCUT2D eigenvalue weighted by Crippen LogP contribution is 2.17. The van der Waals surface area contributed by atoms with E-state index in [0.29, 0.717) is 0 Å². The van der Waals surface area contributed by atoms with E-state index in [2.05, 4.69) is 14.7 Å². The molecule has 0 amide bonds. The lowest BCUT2D eigenvalue weighted by atomic mass is 10.5. The van der Waals surface area contributed by atoms with E-state index in [9.17, 15) is 13.2 Å². The van der Waals surface area contributed by atoms with Gasteiger partial charge in [0.25, 0.3) is 10.0 Å². The van der Waals surface area contributed by atoms with E-state index in [4.69, 9.17) is 0 Å². The summed E-state index contributed by atoms with van der Waals surface area (Å²) in [6.45, 7) is 1.75. The Labute approximate surface area is 101 Å². The van der Waals surface area contributed by atoms with Crippen LogP contribution >= 0.6 is 11.3 Å². The van der Waals surface area contributed by atoms with E-state index < -0.39 is 15.5 Å². The Hall–Kier alpha value is -1.67. The fourth-order valence-corrected chi connectivity index (χ4v) is 3.18. The number of nitrogens with one attached hydrogen (secondary N) is 2. The summed E-state index contributed by atoms with van der Waals surface area (Å²) >= 11 is 1.16.